The van der Waals surface area contributed by atoms with E-state index in [4.69, 9.17) is 9.47 Å². The lowest BCUT2D eigenvalue weighted by Crippen LogP contribution is -2.43. The first kappa shape index (κ1) is 28.1. The van der Waals surface area contributed by atoms with Gasteiger partial charge >= 0.3 is 5.97 Å². The molecule has 0 spiro atoms. The molecule has 182 valence electrons. The predicted octanol–water partition coefficient (Wildman–Crippen LogP) is 6.21. The van der Waals surface area contributed by atoms with Crippen molar-refractivity contribution in [1.82, 2.24) is 0 Å². The number of ketones is 1. The summed E-state index contributed by atoms with van der Waals surface area (Å²) in [6, 6.07) is 0. The van der Waals surface area contributed by atoms with Gasteiger partial charge in [-0.05, 0) is 63.7 Å². The number of ether oxygens (including phenoxy) is 2. The maximum absolute atomic E-state index is 12.4. The fraction of sp³-hybridized carbons (Fsp3) is 0.923. The van der Waals surface area contributed by atoms with Crippen molar-refractivity contribution in [3.05, 3.63) is 0 Å². The number of carbonyl (C=O) groups excluding carboxylic acids is 2. The molecule has 0 aromatic rings. The smallest absolute Gasteiger partial charge is 0.366 e. The molecule has 1 aliphatic carbocycles. The summed E-state index contributed by atoms with van der Waals surface area (Å²) in [7, 11) is 1.33. The third kappa shape index (κ3) is 10.0. The Morgan fingerprint density at radius 3 is 2.35 bits per heavy atom. The molecule has 0 heterocycles. The number of methoxy groups -OCH3 is 1. The van der Waals surface area contributed by atoms with E-state index in [-0.39, 0.29) is 18.4 Å². The van der Waals surface area contributed by atoms with Gasteiger partial charge in [-0.15, -0.1) is 0 Å². The number of hydrogen-bond donors (Lipinski definition) is 1. The van der Waals surface area contributed by atoms with Crippen LogP contribution in [0, 0.1) is 17.3 Å². The molecule has 0 aliphatic heterocycles. The van der Waals surface area contributed by atoms with Crippen LogP contribution in [-0.2, 0) is 19.1 Å². The van der Waals surface area contributed by atoms with E-state index in [2.05, 4.69) is 20.8 Å². The van der Waals surface area contributed by atoms with Crippen molar-refractivity contribution < 1.29 is 24.2 Å². The molecule has 3 atom stereocenters. The fourth-order valence-corrected chi connectivity index (χ4v) is 4.84. The zero-order valence-corrected chi connectivity index (χ0v) is 21.0. The minimum absolute atomic E-state index is 0.200. The molecular formula is C26H48O5. The first-order valence-electron chi connectivity index (χ1n) is 12.6. The average Bonchev–Trinajstić information content (AvgIpc) is 3.05. The van der Waals surface area contributed by atoms with Crippen molar-refractivity contribution >= 4 is 11.8 Å². The summed E-state index contributed by atoms with van der Waals surface area (Å²) in [6.07, 6.45) is 12.5. The number of rotatable bonds is 16. The fourth-order valence-electron chi connectivity index (χ4n) is 4.84. The average molecular weight is 441 g/mol. The summed E-state index contributed by atoms with van der Waals surface area (Å²) in [5, 5.41) is 10.4. The Morgan fingerprint density at radius 2 is 1.74 bits per heavy atom. The summed E-state index contributed by atoms with van der Waals surface area (Å²) in [5.41, 5.74) is 0.406. The monoisotopic (exact) mass is 440 g/mol. The highest BCUT2D eigenvalue weighted by Gasteiger charge is 2.38. The highest BCUT2D eigenvalue weighted by atomic mass is 16.7. The lowest BCUT2D eigenvalue weighted by molar-refractivity contribution is -0.225. The van der Waals surface area contributed by atoms with E-state index >= 15 is 0 Å². The van der Waals surface area contributed by atoms with Crippen LogP contribution in [0.4, 0.5) is 0 Å². The minimum Gasteiger partial charge on any atom is -0.459 e. The largest absolute Gasteiger partial charge is 0.459 e. The SMILES string of the molecule is CCCCC(C)(C)CCC[C@H]1CCC(=O)[C@@H]1CCCCCC(O)(OC)C(=O)OC(C)C. The van der Waals surface area contributed by atoms with E-state index in [1.807, 2.05) is 0 Å². The molecule has 0 aromatic carbocycles. The second-order valence-corrected chi connectivity index (χ2v) is 10.6. The van der Waals surface area contributed by atoms with Crippen molar-refractivity contribution in [3.63, 3.8) is 0 Å². The van der Waals surface area contributed by atoms with Gasteiger partial charge in [0.15, 0.2) is 0 Å². The number of esters is 1. The molecule has 5 heteroatoms. The van der Waals surface area contributed by atoms with Crippen LogP contribution in [0.25, 0.3) is 0 Å². The zero-order valence-electron chi connectivity index (χ0n) is 21.0. The van der Waals surface area contributed by atoms with Gasteiger partial charge in [-0.1, -0.05) is 52.9 Å². The molecule has 1 fully saturated rings. The Hall–Kier alpha value is -0.940. The van der Waals surface area contributed by atoms with Gasteiger partial charge in [-0.3, -0.25) is 4.79 Å². The number of hydrogen-bond acceptors (Lipinski definition) is 5. The number of aliphatic hydroxyl groups is 1. The Balaban J connectivity index is 2.37. The number of Topliss-reactive ketones (excluding diaryl/α,β-unsaturated/α-hetero) is 1. The molecule has 1 N–H and O–H groups in total. The van der Waals surface area contributed by atoms with Gasteiger partial charge in [0, 0.05) is 25.9 Å². The van der Waals surface area contributed by atoms with Crippen LogP contribution in [0.1, 0.15) is 118 Å². The summed E-state index contributed by atoms with van der Waals surface area (Å²) < 4.78 is 10.1. The molecule has 5 nitrogen and oxygen atoms in total. The van der Waals surface area contributed by atoms with Crippen LogP contribution in [0.15, 0.2) is 0 Å². The van der Waals surface area contributed by atoms with Crippen molar-refractivity contribution in [2.45, 2.75) is 130 Å². The van der Waals surface area contributed by atoms with Gasteiger partial charge in [-0.2, -0.15) is 0 Å². The molecule has 31 heavy (non-hydrogen) atoms. The van der Waals surface area contributed by atoms with Gasteiger partial charge in [0.2, 0.25) is 0 Å². The van der Waals surface area contributed by atoms with Crippen molar-refractivity contribution in [2.75, 3.05) is 7.11 Å². The van der Waals surface area contributed by atoms with Gasteiger partial charge in [0.1, 0.15) is 5.78 Å². The van der Waals surface area contributed by atoms with E-state index in [9.17, 15) is 14.7 Å². The van der Waals surface area contributed by atoms with E-state index in [0.29, 0.717) is 23.5 Å². The molecular weight excluding hydrogens is 392 g/mol. The summed E-state index contributed by atoms with van der Waals surface area (Å²) >= 11 is 0. The van der Waals surface area contributed by atoms with Crippen LogP contribution in [-0.4, -0.2) is 35.9 Å². The Kier molecular flexibility index (Phi) is 12.3. The maximum atomic E-state index is 12.4. The lowest BCUT2D eigenvalue weighted by atomic mass is 9.79. The molecule has 0 radical (unpaired) electrons. The maximum Gasteiger partial charge on any atom is 0.366 e. The quantitative estimate of drug-likeness (QED) is 0.176. The Bertz CT molecular complexity index is 542. The minimum atomic E-state index is -1.87. The summed E-state index contributed by atoms with van der Waals surface area (Å²) in [6.45, 7) is 10.5. The van der Waals surface area contributed by atoms with Crippen LogP contribution in [0.2, 0.25) is 0 Å². The molecule has 1 saturated carbocycles. The molecule has 0 saturated heterocycles. The van der Waals surface area contributed by atoms with Gasteiger partial charge in [0.05, 0.1) is 6.10 Å². The van der Waals surface area contributed by atoms with E-state index in [0.717, 1.165) is 38.5 Å². The van der Waals surface area contributed by atoms with Crippen LogP contribution >= 0.6 is 0 Å². The van der Waals surface area contributed by atoms with Crippen LogP contribution in [0.5, 0.6) is 0 Å². The number of unbranched alkanes of at least 4 members (excludes halogenated alkanes) is 3. The number of carbonyl (C=O) groups is 2. The highest BCUT2D eigenvalue weighted by molar-refractivity contribution is 5.83. The lowest BCUT2D eigenvalue weighted by Gasteiger charge is -2.26. The molecule has 0 amide bonds. The highest BCUT2D eigenvalue weighted by Crippen LogP contribution is 2.38. The normalized spacial score (nSPS) is 21.5. The zero-order chi connectivity index (χ0) is 23.5. The third-order valence-corrected chi connectivity index (χ3v) is 6.91. The topological polar surface area (TPSA) is 72.8 Å². The standard InChI is InChI=1S/C26H48O5/c1-7-8-17-25(4,5)18-12-13-21-15-16-23(27)22(21)14-10-9-11-19-26(29,30-6)24(28)31-20(2)3/h20-22,29H,7-19H2,1-6H3/t21-,22+,26?/m0/s1. The molecule has 1 rings (SSSR count). The summed E-state index contributed by atoms with van der Waals surface area (Å²) in [4.78, 5) is 24.5. The second kappa shape index (κ2) is 13.6. The Labute approximate surface area is 190 Å². The van der Waals surface area contributed by atoms with Gasteiger partial charge in [-0.25, -0.2) is 4.79 Å². The second-order valence-electron chi connectivity index (χ2n) is 10.6. The Morgan fingerprint density at radius 1 is 1.06 bits per heavy atom. The molecule has 1 unspecified atom stereocenters. The molecule has 0 bridgehead atoms. The predicted molar refractivity (Wildman–Crippen MR) is 125 cm³/mol. The first-order chi connectivity index (χ1) is 14.5. The van der Waals surface area contributed by atoms with Crippen LogP contribution < -0.4 is 0 Å². The van der Waals surface area contributed by atoms with Gasteiger partial charge in [0.25, 0.3) is 5.79 Å². The van der Waals surface area contributed by atoms with Crippen molar-refractivity contribution in [3.8, 4) is 0 Å². The first-order valence-corrected chi connectivity index (χ1v) is 12.6. The van der Waals surface area contributed by atoms with E-state index < -0.39 is 11.8 Å². The summed E-state index contributed by atoms with van der Waals surface area (Å²) in [5.74, 6) is -1.43. The van der Waals surface area contributed by atoms with Gasteiger partial charge < -0.3 is 14.6 Å². The third-order valence-electron chi connectivity index (χ3n) is 6.91. The van der Waals surface area contributed by atoms with Crippen LogP contribution in [0.3, 0.4) is 0 Å². The van der Waals surface area contributed by atoms with E-state index in [1.54, 1.807) is 13.8 Å². The molecule has 1 aliphatic rings. The van der Waals surface area contributed by atoms with Crippen molar-refractivity contribution in [2.24, 2.45) is 17.3 Å². The van der Waals surface area contributed by atoms with E-state index in [1.165, 1.54) is 39.2 Å². The molecule has 0 aromatic heterocycles. The van der Waals surface area contributed by atoms with Crippen molar-refractivity contribution in [1.29, 1.82) is 0 Å².